The third-order valence-corrected chi connectivity index (χ3v) is 4.92. The number of aryl methyl sites for hydroxylation is 1. The van der Waals surface area contributed by atoms with Crippen LogP contribution in [0, 0.1) is 6.92 Å². The summed E-state index contributed by atoms with van der Waals surface area (Å²) in [7, 11) is 0. The van der Waals surface area contributed by atoms with Gasteiger partial charge in [-0.25, -0.2) is 4.98 Å². The van der Waals surface area contributed by atoms with Gasteiger partial charge in [-0.2, -0.15) is 0 Å². The number of carbonyl (C=O) groups is 1. The predicted molar refractivity (Wildman–Crippen MR) is 90.7 cm³/mol. The maximum Gasteiger partial charge on any atom is 0.253 e. The third-order valence-electron chi connectivity index (χ3n) is 4.09. The summed E-state index contributed by atoms with van der Waals surface area (Å²) in [6.45, 7) is 4.45. The monoisotopic (exact) mass is 331 g/mol. The van der Waals surface area contributed by atoms with Crippen LogP contribution in [0.3, 0.4) is 0 Å². The fourth-order valence-corrected chi connectivity index (χ4v) is 3.25. The first-order valence-corrected chi connectivity index (χ1v) is 8.78. The highest BCUT2D eigenvalue weighted by Gasteiger charge is 2.13. The highest BCUT2D eigenvalue weighted by Crippen LogP contribution is 2.17. The molecule has 7 heteroatoms. The van der Waals surface area contributed by atoms with Gasteiger partial charge in [-0.15, -0.1) is 5.10 Å². The van der Waals surface area contributed by atoms with E-state index in [0.29, 0.717) is 12.1 Å². The lowest BCUT2D eigenvalue weighted by Crippen LogP contribution is -2.26. The van der Waals surface area contributed by atoms with E-state index in [2.05, 4.69) is 24.8 Å². The second kappa shape index (κ2) is 7.50. The van der Waals surface area contributed by atoms with E-state index in [-0.39, 0.29) is 5.91 Å². The molecule has 0 saturated carbocycles. The lowest BCUT2D eigenvalue weighted by Gasteiger charge is -2.21. The van der Waals surface area contributed by atoms with Crippen LogP contribution >= 0.6 is 11.5 Å². The van der Waals surface area contributed by atoms with Gasteiger partial charge in [-0.05, 0) is 43.4 Å². The van der Waals surface area contributed by atoms with Crippen molar-refractivity contribution in [3.8, 4) is 0 Å². The van der Waals surface area contributed by atoms with Crippen molar-refractivity contribution in [2.45, 2.75) is 39.2 Å². The summed E-state index contributed by atoms with van der Waals surface area (Å²) in [5, 5.41) is 6.83. The Morgan fingerprint density at radius 1 is 1.26 bits per heavy atom. The normalized spacial score (nSPS) is 15.3. The summed E-state index contributed by atoms with van der Waals surface area (Å²) in [6.07, 6.45) is 6.68. The van der Waals surface area contributed by atoms with Gasteiger partial charge in [0.2, 0.25) is 0 Å². The van der Waals surface area contributed by atoms with Crippen molar-refractivity contribution in [3.63, 3.8) is 0 Å². The Morgan fingerprint density at radius 3 is 2.65 bits per heavy atom. The third kappa shape index (κ3) is 4.04. The average molecular weight is 331 g/mol. The number of nitrogens with one attached hydrogen (secondary N) is 1. The summed E-state index contributed by atoms with van der Waals surface area (Å²) >= 11 is 1.31. The Kier molecular flexibility index (Phi) is 5.17. The number of rotatable bonds is 4. The molecule has 0 aliphatic carbocycles. The standard InChI is InChI=1S/C16H21N5OS/c1-12-14(23-20-19-12)11-18-16(22)13-6-7-15(17-10-13)21-8-4-2-3-5-9-21/h6-7,10H,2-5,8-9,11H2,1H3,(H,18,22). The molecule has 2 aromatic heterocycles. The van der Waals surface area contributed by atoms with Gasteiger partial charge in [0.1, 0.15) is 5.82 Å². The van der Waals surface area contributed by atoms with E-state index < -0.39 is 0 Å². The quantitative estimate of drug-likeness (QED) is 0.932. The number of carbonyl (C=O) groups excluding carboxylic acids is 1. The van der Waals surface area contributed by atoms with Crippen LogP contribution < -0.4 is 10.2 Å². The largest absolute Gasteiger partial charge is 0.357 e. The molecule has 1 saturated heterocycles. The predicted octanol–water partition coefficient (Wildman–Crippen LogP) is 2.55. The molecule has 23 heavy (non-hydrogen) atoms. The van der Waals surface area contributed by atoms with Crippen LogP contribution in [-0.2, 0) is 6.54 Å². The molecule has 3 heterocycles. The minimum absolute atomic E-state index is 0.118. The minimum atomic E-state index is -0.118. The van der Waals surface area contributed by atoms with Gasteiger partial charge in [-0.3, -0.25) is 4.79 Å². The second-order valence-electron chi connectivity index (χ2n) is 5.77. The van der Waals surface area contributed by atoms with E-state index in [0.717, 1.165) is 29.5 Å². The van der Waals surface area contributed by atoms with E-state index in [1.807, 2.05) is 19.1 Å². The number of nitrogens with zero attached hydrogens (tertiary/aromatic N) is 4. The van der Waals surface area contributed by atoms with E-state index in [4.69, 9.17) is 0 Å². The molecule has 3 rings (SSSR count). The van der Waals surface area contributed by atoms with Crippen molar-refractivity contribution >= 4 is 23.3 Å². The second-order valence-corrected chi connectivity index (χ2v) is 6.61. The Balaban J connectivity index is 1.59. The van der Waals surface area contributed by atoms with Crippen molar-refractivity contribution in [2.75, 3.05) is 18.0 Å². The Hall–Kier alpha value is -2.02. The number of hydrogen-bond donors (Lipinski definition) is 1. The minimum Gasteiger partial charge on any atom is -0.357 e. The summed E-state index contributed by atoms with van der Waals surface area (Å²) in [6, 6.07) is 3.79. The van der Waals surface area contributed by atoms with E-state index in [1.165, 1.54) is 37.2 Å². The number of aromatic nitrogens is 3. The summed E-state index contributed by atoms with van der Waals surface area (Å²) < 4.78 is 3.87. The smallest absolute Gasteiger partial charge is 0.253 e. The van der Waals surface area contributed by atoms with Gasteiger partial charge >= 0.3 is 0 Å². The molecular formula is C16H21N5OS. The molecule has 0 unspecified atom stereocenters. The number of anilines is 1. The van der Waals surface area contributed by atoms with Crippen LogP contribution in [0.25, 0.3) is 0 Å². The van der Waals surface area contributed by atoms with E-state index in [1.54, 1.807) is 6.20 Å². The lowest BCUT2D eigenvalue weighted by molar-refractivity contribution is 0.0951. The van der Waals surface area contributed by atoms with Crippen molar-refractivity contribution in [1.82, 2.24) is 19.9 Å². The van der Waals surface area contributed by atoms with E-state index in [9.17, 15) is 4.79 Å². The van der Waals surface area contributed by atoms with Crippen LogP contribution in [0.2, 0.25) is 0 Å². The lowest BCUT2D eigenvalue weighted by atomic mass is 10.2. The highest BCUT2D eigenvalue weighted by molar-refractivity contribution is 7.05. The fraction of sp³-hybridized carbons (Fsp3) is 0.500. The van der Waals surface area contributed by atoms with Gasteiger partial charge < -0.3 is 10.2 Å². The number of pyridine rings is 1. The molecule has 1 N–H and O–H groups in total. The van der Waals surface area contributed by atoms with Gasteiger partial charge in [0.05, 0.1) is 22.7 Å². The van der Waals surface area contributed by atoms with Gasteiger partial charge in [-0.1, -0.05) is 17.3 Å². The van der Waals surface area contributed by atoms with Crippen molar-refractivity contribution in [2.24, 2.45) is 0 Å². The average Bonchev–Trinajstić information content (AvgIpc) is 2.82. The molecular weight excluding hydrogens is 310 g/mol. The zero-order valence-corrected chi connectivity index (χ0v) is 14.1. The maximum atomic E-state index is 12.2. The molecule has 122 valence electrons. The summed E-state index contributed by atoms with van der Waals surface area (Å²) in [4.78, 5) is 19.9. The van der Waals surface area contributed by atoms with Crippen LogP contribution in [0.15, 0.2) is 18.3 Å². The molecule has 0 radical (unpaired) electrons. The Bertz CT molecular complexity index is 647. The molecule has 1 aliphatic rings. The molecule has 2 aromatic rings. The fourth-order valence-electron chi connectivity index (χ4n) is 2.68. The highest BCUT2D eigenvalue weighted by atomic mass is 32.1. The zero-order chi connectivity index (χ0) is 16.1. The summed E-state index contributed by atoms with van der Waals surface area (Å²) in [5.41, 5.74) is 1.45. The van der Waals surface area contributed by atoms with Crippen LogP contribution in [0.4, 0.5) is 5.82 Å². The number of hydrogen-bond acceptors (Lipinski definition) is 6. The first kappa shape index (κ1) is 15.9. The van der Waals surface area contributed by atoms with Crippen molar-refractivity contribution in [3.05, 3.63) is 34.5 Å². The van der Waals surface area contributed by atoms with Crippen LogP contribution in [0.1, 0.15) is 46.6 Å². The topological polar surface area (TPSA) is 71.0 Å². The first-order valence-electron chi connectivity index (χ1n) is 8.01. The summed E-state index contributed by atoms with van der Waals surface area (Å²) in [5.74, 6) is 0.846. The van der Waals surface area contributed by atoms with Crippen molar-refractivity contribution in [1.29, 1.82) is 0 Å². The van der Waals surface area contributed by atoms with E-state index >= 15 is 0 Å². The molecule has 0 atom stereocenters. The molecule has 1 amide bonds. The molecule has 6 nitrogen and oxygen atoms in total. The maximum absolute atomic E-state index is 12.2. The van der Waals surface area contributed by atoms with Crippen LogP contribution in [0.5, 0.6) is 0 Å². The molecule has 0 aromatic carbocycles. The van der Waals surface area contributed by atoms with Crippen molar-refractivity contribution < 1.29 is 4.79 Å². The molecule has 0 spiro atoms. The van der Waals surface area contributed by atoms with Gasteiger partial charge in [0.25, 0.3) is 5.91 Å². The Labute approximate surface area is 140 Å². The Morgan fingerprint density at radius 2 is 2.04 bits per heavy atom. The van der Waals surface area contributed by atoms with Gasteiger partial charge in [0, 0.05) is 19.3 Å². The van der Waals surface area contributed by atoms with Gasteiger partial charge in [0.15, 0.2) is 0 Å². The molecule has 1 fully saturated rings. The molecule has 0 bridgehead atoms. The zero-order valence-electron chi connectivity index (χ0n) is 13.3. The number of amides is 1. The first-order chi connectivity index (χ1) is 11.2. The SMILES string of the molecule is Cc1nnsc1CNC(=O)c1ccc(N2CCCCCC2)nc1. The molecule has 1 aliphatic heterocycles. The van der Waals surface area contributed by atoms with Crippen LogP contribution in [-0.4, -0.2) is 33.6 Å².